The molecule has 0 saturated carbocycles. The van der Waals surface area contributed by atoms with Gasteiger partial charge in [-0.05, 0) is 48.9 Å². The number of nitrogens with one attached hydrogen (secondary N) is 1. The van der Waals surface area contributed by atoms with E-state index in [4.69, 9.17) is 0 Å². The molecular formula is C16H24FNO2S. The third-order valence-corrected chi connectivity index (χ3v) is 5.93. The van der Waals surface area contributed by atoms with Gasteiger partial charge in [0.15, 0.2) is 9.84 Å². The summed E-state index contributed by atoms with van der Waals surface area (Å²) in [6.45, 7) is 4.97. The Hall–Kier alpha value is -0.940. The molecule has 0 spiro atoms. The van der Waals surface area contributed by atoms with Gasteiger partial charge in [-0.2, -0.15) is 0 Å². The zero-order valence-electron chi connectivity index (χ0n) is 12.7. The summed E-state index contributed by atoms with van der Waals surface area (Å²) >= 11 is 0. The number of rotatable bonds is 6. The molecule has 0 radical (unpaired) electrons. The number of sulfone groups is 1. The fraction of sp³-hybridized carbons (Fsp3) is 0.625. The summed E-state index contributed by atoms with van der Waals surface area (Å²) in [4.78, 5) is 0. The zero-order chi connectivity index (χ0) is 15.5. The number of hydrogen-bond donors (Lipinski definition) is 1. The van der Waals surface area contributed by atoms with E-state index in [1.54, 1.807) is 12.1 Å². The second-order valence-electron chi connectivity index (χ2n) is 6.32. The molecule has 1 fully saturated rings. The Bertz CT molecular complexity index is 554. The zero-order valence-corrected chi connectivity index (χ0v) is 13.5. The SMILES string of the molecule is CC(C)NCC(Cc1ccc(F)cc1)C1CCS(=O)(=O)C1. The van der Waals surface area contributed by atoms with Crippen molar-refractivity contribution >= 4 is 9.84 Å². The molecule has 1 heterocycles. The van der Waals surface area contributed by atoms with Crippen molar-refractivity contribution in [1.29, 1.82) is 0 Å². The summed E-state index contributed by atoms with van der Waals surface area (Å²) in [7, 11) is -2.87. The maximum atomic E-state index is 13.0. The van der Waals surface area contributed by atoms with Gasteiger partial charge in [-0.1, -0.05) is 26.0 Å². The molecule has 5 heteroatoms. The van der Waals surface area contributed by atoms with Crippen LogP contribution in [0.2, 0.25) is 0 Å². The van der Waals surface area contributed by atoms with Gasteiger partial charge in [0, 0.05) is 6.04 Å². The minimum absolute atomic E-state index is 0.200. The molecule has 2 atom stereocenters. The van der Waals surface area contributed by atoms with Crippen LogP contribution in [0.3, 0.4) is 0 Å². The van der Waals surface area contributed by atoms with Crippen LogP contribution in [0.5, 0.6) is 0 Å². The summed E-state index contributed by atoms with van der Waals surface area (Å²) in [5.74, 6) is 0.832. The molecule has 0 amide bonds. The molecule has 1 aromatic rings. The van der Waals surface area contributed by atoms with Crippen molar-refractivity contribution in [3.05, 3.63) is 35.6 Å². The molecule has 1 aliphatic heterocycles. The highest BCUT2D eigenvalue weighted by Crippen LogP contribution is 2.28. The van der Waals surface area contributed by atoms with Crippen LogP contribution in [0.25, 0.3) is 0 Å². The quantitative estimate of drug-likeness (QED) is 0.877. The Balaban J connectivity index is 2.06. The van der Waals surface area contributed by atoms with Crippen LogP contribution in [-0.2, 0) is 16.3 Å². The fourth-order valence-corrected chi connectivity index (χ4v) is 4.83. The van der Waals surface area contributed by atoms with Gasteiger partial charge in [0.25, 0.3) is 0 Å². The molecule has 1 saturated heterocycles. The second kappa shape index (κ2) is 6.88. The molecule has 0 bridgehead atoms. The number of hydrogen-bond acceptors (Lipinski definition) is 3. The minimum atomic E-state index is -2.87. The van der Waals surface area contributed by atoms with Crippen LogP contribution in [0, 0.1) is 17.7 Å². The Labute approximate surface area is 126 Å². The first-order chi connectivity index (χ1) is 9.85. The van der Waals surface area contributed by atoms with E-state index in [-0.39, 0.29) is 17.7 Å². The van der Waals surface area contributed by atoms with Crippen molar-refractivity contribution in [2.75, 3.05) is 18.1 Å². The van der Waals surface area contributed by atoms with Gasteiger partial charge in [0.2, 0.25) is 0 Å². The van der Waals surface area contributed by atoms with Gasteiger partial charge >= 0.3 is 0 Å². The van der Waals surface area contributed by atoms with E-state index < -0.39 is 9.84 Å². The molecule has 2 rings (SSSR count). The topological polar surface area (TPSA) is 46.2 Å². The summed E-state index contributed by atoms with van der Waals surface area (Å²) in [6.07, 6.45) is 1.54. The van der Waals surface area contributed by atoms with Gasteiger partial charge < -0.3 is 5.32 Å². The first kappa shape index (κ1) is 16.4. The van der Waals surface area contributed by atoms with Crippen LogP contribution in [0.4, 0.5) is 4.39 Å². The predicted octanol–water partition coefficient (Wildman–Crippen LogP) is 2.42. The Morgan fingerprint density at radius 3 is 2.48 bits per heavy atom. The van der Waals surface area contributed by atoms with E-state index in [1.807, 2.05) is 0 Å². The van der Waals surface area contributed by atoms with Gasteiger partial charge in [0.1, 0.15) is 5.82 Å². The van der Waals surface area contributed by atoms with Crippen molar-refractivity contribution in [2.45, 2.75) is 32.7 Å². The Kier molecular flexibility index (Phi) is 5.38. The van der Waals surface area contributed by atoms with E-state index in [9.17, 15) is 12.8 Å². The van der Waals surface area contributed by atoms with Crippen molar-refractivity contribution in [3.8, 4) is 0 Å². The van der Waals surface area contributed by atoms with Crippen molar-refractivity contribution in [3.63, 3.8) is 0 Å². The molecule has 1 aliphatic rings. The monoisotopic (exact) mass is 313 g/mol. The molecular weight excluding hydrogens is 289 g/mol. The predicted molar refractivity (Wildman–Crippen MR) is 83.5 cm³/mol. The Morgan fingerprint density at radius 2 is 1.95 bits per heavy atom. The maximum Gasteiger partial charge on any atom is 0.150 e. The second-order valence-corrected chi connectivity index (χ2v) is 8.55. The van der Waals surface area contributed by atoms with Crippen molar-refractivity contribution in [2.24, 2.45) is 11.8 Å². The summed E-state index contributed by atoms with van der Waals surface area (Å²) < 4.78 is 36.4. The van der Waals surface area contributed by atoms with E-state index in [0.717, 1.165) is 24.9 Å². The van der Waals surface area contributed by atoms with E-state index in [0.29, 0.717) is 17.5 Å². The molecule has 0 aliphatic carbocycles. The van der Waals surface area contributed by atoms with E-state index in [1.165, 1.54) is 12.1 Å². The largest absolute Gasteiger partial charge is 0.314 e. The third kappa shape index (κ3) is 5.08. The molecule has 3 nitrogen and oxygen atoms in total. The van der Waals surface area contributed by atoms with Crippen LogP contribution < -0.4 is 5.32 Å². The lowest BCUT2D eigenvalue weighted by molar-refractivity contribution is 0.333. The lowest BCUT2D eigenvalue weighted by Gasteiger charge is -2.24. The molecule has 118 valence electrons. The standard InChI is InChI=1S/C16H24FNO2S/c1-12(2)18-10-15(14-7-8-21(19,20)11-14)9-13-3-5-16(17)6-4-13/h3-6,12,14-15,18H,7-11H2,1-2H3. The molecule has 21 heavy (non-hydrogen) atoms. The van der Waals surface area contributed by atoms with Crippen LogP contribution in [0.15, 0.2) is 24.3 Å². The fourth-order valence-electron chi connectivity index (χ4n) is 2.91. The average molecular weight is 313 g/mol. The highest BCUT2D eigenvalue weighted by Gasteiger charge is 2.33. The first-order valence-electron chi connectivity index (χ1n) is 7.54. The van der Waals surface area contributed by atoms with Crippen molar-refractivity contribution < 1.29 is 12.8 Å². The van der Waals surface area contributed by atoms with Gasteiger partial charge in [-0.15, -0.1) is 0 Å². The van der Waals surface area contributed by atoms with E-state index in [2.05, 4.69) is 19.2 Å². The van der Waals surface area contributed by atoms with Crippen LogP contribution >= 0.6 is 0 Å². The smallest absolute Gasteiger partial charge is 0.150 e. The normalized spacial score (nSPS) is 22.6. The highest BCUT2D eigenvalue weighted by molar-refractivity contribution is 7.91. The van der Waals surface area contributed by atoms with Crippen LogP contribution in [-0.4, -0.2) is 32.5 Å². The lowest BCUT2D eigenvalue weighted by Crippen LogP contribution is -2.34. The molecule has 1 N–H and O–H groups in total. The maximum absolute atomic E-state index is 13.0. The average Bonchev–Trinajstić information content (AvgIpc) is 2.77. The lowest BCUT2D eigenvalue weighted by atomic mass is 9.86. The number of halogens is 1. The summed E-state index contributed by atoms with van der Waals surface area (Å²) in [6, 6.07) is 6.89. The Morgan fingerprint density at radius 1 is 1.29 bits per heavy atom. The van der Waals surface area contributed by atoms with Crippen LogP contribution in [0.1, 0.15) is 25.8 Å². The highest BCUT2D eigenvalue weighted by atomic mass is 32.2. The van der Waals surface area contributed by atoms with E-state index >= 15 is 0 Å². The summed E-state index contributed by atoms with van der Waals surface area (Å²) in [5, 5.41) is 3.41. The van der Waals surface area contributed by atoms with Crippen molar-refractivity contribution in [1.82, 2.24) is 5.32 Å². The third-order valence-electron chi connectivity index (χ3n) is 4.13. The van der Waals surface area contributed by atoms with Gasteiger partial charge in [0.05, 0.1) is 11.5 Å². The van der Waals surface area contributed by atoms with Gasteiger partial charge in [-0.25, -0.2) is 12.8 Å². The summed E-state index contributed by atoms with van der Waals surface area (Å²) in [5.41, 5.74) is 1.07. The minimum Gasteiger partial charge on any atom is -0.314 e. The van der Waals surface area contributed by atoms with Gasteiger partial charge in [-0.3, -0.25) is 0 Å². The molecule has 2 unspecified atom stereocenters. The first-order valence-corrected chi connectivity index (χ1v) is 9.36. The number of benzene rings is 1. The molecule has 1 aromatic carbocycles. The molecule has 0 aromatic heterocycles.